The van der Waals surface area contributed by atoms with Gasteiger partial charge in [-0.1, -0.05) is 25.5 Å². The van der Waals surface area contributed by atoms with Gasteiger partial charge in [0.25, 0.3) is 0 Å². The van der Waals surface area contributed by atoms with Gasteiger partial charge in [0.1, 0.15) is 7.28 Å². The maximum absolute atomic E-state index is 5.71. The molecule has 0 amide bonds. The van der Waals surface area contributed by atoms with Gasteiger partial charge in [-0.15, -0.1) is 0 Å². The van der Waals surface area contributed by atoms with E-state index in [9.17, 15) is 0 Å². The van der Waals surface area contributed by atoms with Crippen LogP contribution in [0.5, 0.6) is 0 Å². The molecular formula is C6H18BNO2. The molecule has 2 atom stereocenters. The topological polar surface area (TPSA) is 89.0 Å². The molecule has 3 nitrogen and oxygen atoms in total. The van der Waals surface area contributed by atoms with E-state index in [0.717, 1.165) is 5.82 Å². The third-order valence-corrected chi connectivity index (χ3v) is 2.14. The van der Waals surface area contributed by atoms with Crippen molar-refractivity contribution in [2.75, 3.05) is 0 Å². The van der Waals surface area contributed by atoms with Crippen molar-refractivity contribution in [1.29, 1.82) is 0 Å². The zero-order valence-electron chi connectivity index (χ0n) is 6.56. The van der Waals surface area contributed by atoms with Crippen molar-refractivity contribution in [2.45, 2.75) is 37.9 Å². The van der Waals surface area contributed by atoms with Gasteiger partial charge in [-0.3, -0.25) is 0 Å². The molecule has 1 aliphatic rings. The predicted octanol–water partition coefficient (Wildman–Crippen LogP) is -0.879. The SMILES string of the molecule is CCBC1CCC1N.O.O. The molecule has 2 unspecified atom stereocenters. The van der Waals surface area contributed by atoms with E-state index in [1.807, 2.05) is 0 Å². The van der Waals surface area contributed by atoms with Crippen LogP contribution in [-0.2, 0) is 0 Å². The lowest BCUT2D eigenvalue weighted by Crippen LogP contribution is -2.37. The molecule has 0 aromatic heterocycles. The fraction of sp³-hybridized carbons (Fsp3) is 1.00. The van der Waals surface area contributed by atoms with Crippen molar-refractivity contribution < 1.29 is 11.0 Å². The number of nitrogens with two attached hydrogens (primary N) is 1. The highest BCUT2D eigenvalue weighted by molar-refractivity contribution is 6.38. The Morgan fingerprint density at radius 2 is 2.00 bits per heavy atom. The Balaban J connectivity index is 0. The van der Waals surface area contributed by atoms with Crippen LogP contribution in [0.15, 0.2) is 0 Å². The van der Waals surface area contributed by atoms with E-state index in [4.69, 9.17) is 5.73 Å². The number of rotatable bonds is 2. The predicted molar refractivity (Wildman–Crippen MR) is 45.8 cm³/mol. The molecule has 1 aliphatic carbocycles. The molecule has 0 heterocycles. The summed E-state index contributed by atoms with van der Waals surface area (Å²) in [5.74, 6) is 0.875. The van der Waals surface area contributed by atoms with Crippen molar-refractivity contribution >= 4 is 7.28 Å². The molecule has 10 heavy (non-hydrogen) atoms. The smallest absolute Gasteiger partial charge is 0.125 e. The molecule has 62 valence electrons. The Hall–Kier alpha value is -0.0551. The van der Waals surface area contributed by atoms with E-state index in [1.54, 1.807) is 0 Å². The zero-order valence-corrected chi connectivity index (χ0v) is 6.56. The summed E-state index contributed by atoms with van der Waals surface area (Å²) >= 11 is 0. The Morgan fingerprint density at radius 3 is 2.10 bits per heavy atom. The minimum atomic E-state index is 0. The molecule has 0 radical (unpaired) electrons. The Morgan fingerprint density at radius 1 is 1.40 bits per heavy atom. The lowest BCUT2D eigenvalue weighted by Gasteiger charge is -2.32. The highest BCUT2D eigenvalue weighted by Gasteiger charge is 2.26. The summed E-state index contributed by atoms with van der Waals surface area (Å²) in [6.07, 6.45) is 3.96. The minimum absolute atomic E-state index is 0. The molecule has 6 N–H and O–H groups in total. The average Bonchev–Trinajstić information content (AvgIpc) is 1.79. The van der Waals surface area contributed by atoms with E-state index >= 15 is 0 Å². The molecular weight excluding hydrogens is 129 g/mol. The van der Waals surface area contributed by atoms with Gasteiger partial charge in [-0.05, 0) is 12.5 Å². The van der Waals surface area contributed by atoms with E-state index in [2.05, 4.69) is 6.92 Å². The van der Waals surface area contributed by atoms with Crippen LogP contribution in [-0.4, -0.2) is 24.3 Å². The van der Waals surface area contributed by atoms with Gasteiger partial charge in [0.05, 0.1) is 0 Å². The van der Waals surface area contributed by atoms with Crippen molar-refractivity contribution in [3.8, 4) is 0 Å². The Kier molecular flexibility index (Phi) is 7.20. The fourth-order valence-electron chi connectivity index (χ4n) is 1.32. The summed E-state index contributed by atoms with van der Waals surface area (Å²) in [7, 11) is 1.35. The first-order valence-electron chi connectivity index (χ1n) is 3.60. The molecule has 0 aliphatic heterocycles. The first-order chi connectivity index (χ1) is 3.84. The van der Waals surface area contributed by atoms with E-state index < -0.39 is 0 Å². The van der Waals surface area contributed by atoms with Crippen molar-refractivity contribution in [1.82, 2.24) is 0 Å². The van der Waals surface area contributed by atoms with Crippen LogP contribution in [0.4, 0.5) is 0 Å². The van der Waals surface area contributed by atoms with Crippen LogP contribution in [0.1, 0.15) is 19.8 Å². The molecule has 1 saturated carbocycles. The maximum Gasteiger partial charge on any atom is 0.125 e. The minimum Gasteiger partial charge on any atom is -0.412 e. The Bertz CT molecular complexity index is 82.1. The van der Waals surface area contributed by atoms with Gasteiger partial charge < -0.3 is 16.7 Å². The van der Waals surface area contributed by atoms with Gasteiger partial charge >= 0.3 is 0 Å². The second-order valence-electron chi connectivity index (χ2n) is 2.79. The summed E-state index contributed by atoms with van der Waals surface area (Å²) in [5.41, 5.74) is 5.71. The third kappa shape index (κ3) is 2.69. The number of hydrogen-bond acceptors (Lipinski definition) is 1. The van der Waals surface area contributed by atoms with Crippen molar-refractivity contribution in [3.63, 3.8) is 0 Å². The maximum atomic E-state index is 5.71. The van der Waals surface area contributed by atoms with E-state index in [0.29, 0.717) is 6.04 Å². The molecule has 0 aromatic rings. The van der Waals surface area contributed by atoms with Crippen LogP contribution >= 0.6 is 0 Å². The Labute approximate surface area is 62.8 Å². The first kappa shape index (κ1) is 12.6. The summed E-state index contributed by atoms with van der Waals surface area (Å²) in [6, 6.07) is 0.551. The fourth-order valence-corrected chi connectivity index (χ4v) is 1.32. The summed E-state index contributed by atoms with van der Waals surface area (Å²) in [5, 5.41) is 0. The van der Waals surface area contributed by atoms with Crippen molar-refractivity contribution in [3.05, 3.63) is 0 Å². The molecule has 0 bridgehead atoms. The lowest BCUT2D eigenvalue weighted by atomic mass is 9.52. The summed E-state index contributed by atoms with van der Waals surface area (Å²) in [6.45, 7) is 2.23. The highest BCUT2D eigenvalue weighted by Crippen LogP contribution is 2.30. The van der Waals surface area contributed by atoms with E-state index in [-0.39, 0.29) is 11.0 Å². The standard InChI is InChI=1S/C6H14BN.2H2O/c1-2-7-5-3-4-6(5)8;;/h5-7H,2-4,8H2,1H3;2*1H2. The van der Waals surface area contributed by atoms with Crippen LogP contribution < -0.4 is 5.73 Å². The highest BCUT2D eigenvalue weighted by atomic mass is 16.0. The van der Waals surface area contributed by atoms with Gasteiger partial charge in [-0.2, -0.15) is 0 Å². The van der Waals surface area contributed by atoms with Crippen LogP contribution in [0.2, 0.25) is 12.1 Å². The number of hydrogen-bond donors (Lipinski definition) is 1. The van der Waals surface area contributed by atoms with Gasteiger partial charge in [0.2, 0.25) is 0 Å². The first-order valence-corrected chi connectivity index (χ1v) is 3.60. The molecule has 4 heteroatoms. The molecule has 0 aromatic carbocycles. The lowest BCUT2D eigenvalue weighted by molar-refractivity contribution is 0.413. The largest absolute Gasteiger partial charge is 0.412 e. The van der Waals surface area contributed by atoms with Gasteiger partial charge in [0, 0.05) is 0 Å². The monoisotopic (exact) mass is 147 g/mol. The summed E-state index contributed by atoms with van der Waals surface area (Å²) in [4.78, 5) is 0. The molecule has 0 saturated heterocycles. The molecule has 1 rings (SSSR count). The normalized spacial score (nSPS) is 29.0. The van der Waals surface area contributed by atoms with E-state index in [1.165, 1.54) is 26.4 Å². The summed E-state index contributed by atoms with van der Waals surface area (Å²) < 4.78 is 0. The van der Waals surface area contributed by atoms with Crippen LogP contribution in [0.25, 0.3) is 0 Å². The van der Waals surface area contributed by atoms with Crippen LogP contribution in [0.3, 0.4) is 0 Å². The second-order valence-corrected chi connectivity index (χ2v) is 2.79. The molecule has 0 spiro atoms. The quantitative estimate of drug-likeness (QED) is 0.505. The third-order valence-electron chi connectivity index (χ3n) is 2.14. The molecule has 1 fully saturated rings. The van der Waals surface area contributed by atoms with Crippen LogP contribution in [0, 0.1) is 0 Å². The van der Waals surface area contributed by atoms with Crippen molar-refractivity contribution in [2.24, 2.45) is 5.73 Å². The second kappa shape index (κ2) is 5.71. The van der Waals surface area contributed by atoms with Gasteiger partial charge in [-0.25, -0.2) is 0 Å². The zero-order chi connectivity index (χ0) is 5.98. The van der Waals surface area contributed by atoms with Gasteiger partial charge in [0.15, 0.2) is 0 Å². The average molecular weight is 147 g/mol.